The van der Waals surface area contributed by atoms with Crippen LogP contribution in [-0.4, -0.2) is 42.5 Å². The highest BCUT2D eigenvalue weighted by Gasteiger charge is 2.25. The van der Waals surface area contributed by atoms with Gasteiger partial charge in [0.05, 0.1) is 13.2 Å². The number of nitrogens with zero attached hydrogens (tertiary/aromatic N) is 2. The van der Waals surface area contributed by atoms with E-state index >= 15 is 0 Å². The number of hydrogen-bond acceptors (Lipinski definition) is 6. The summed E-state index contributed by atoms with van der Waals surface area (Å²) in [4.78, 5) is 19.5. The van der Waals surface area contributed by atoms with E-state index < -0.39 is 0 Å². The van der Waals surface area contributed by atoms with E-state index in [1.54, 1.807) is 24.6 Å². The highest BCUT2D eigenvalue weighted by molar-refractivity contribution is 7.09. The van der Waals surface area contributed by atoms with Crippen molar-refractivity contribution in [1.82, 2.24) is 15.2 Å². The number of carbonyl (C=O) groups excluding carboxylic acids is 1. The number of rotatable bonds is 9. The van der Waals surface area contributed by atoms with Crippen LogP contribution in [0.15, 0.2) is 53.9 Å². The van der Waals surface area contributed by atoms with Gasteiger partial charge >= 0.3 is 0 Å². The van der Waals surface area contributed by atoms with E-state index in [1.807, 2.05) is 18.2 Å². The van der Waals surface area contributed by atoms with Crippen LogP contribution in [-0.2, 0) is 6.61 Å². The number of thiazole rings is 1. The van der Waals surface area contributed by atoms with Gasteiger partial charge in [-0.2, -0.15) is 0 Å². The second-order valence-electron chi connectivity index (χ2n) is 7.61. The molecule has 3 aromatic rings. The van der Waals surface area contributed by atoms with Crippen molar-refractivity contribution >= 4 is 17.2 Å². The number of methoxy groups -OCH3 is 1. The van der Waals surface area contributed by atoms with Crippen LogP contribution in [0, 0.1) is 5.82 Å². The van der Waals surface area contributed by atoms with Gasteiger partial charge in [0.25, 0.3) is 5.91 Å². The molecule has 1 aliphatic heterocycles. The van der Waals surface area contributed by atoms with Crippen LogP contribution in [0.5, 0.6) is 11.5 Å². The third kappa shape index (κ3) is 5.63. The number of aromatic nitrogens is 1. The van der Waals surface area contributed by atoms with E-state index in [2.05, 4.69) is 21.3 Å². The van der Waals surface area contributed by atoms with Crippen LogP contribution in [0.4, 0.5) is 4.39 Å². The molecule has 0 spiro atoms. The average Bonchev–Trinajstić information content (AvgIpc) is 3.52. The van der Waals surface area contributed by atoms with Crippen molar-refractivity contribution < 1.29 is 18.7 Å². The summed E-state index contributed by atoms with van der Waals surface area (Å²) in [5.74, 6) is 0.843. The fourth-order valence-corrected chi connectivity index (χ4v) is 4.48. The molecule has 0 unspecified atom stereocenters. The lowest BCUT2D eigenvalue weighted by Gasteiger charge is -2.28. The minimum atomic E-state index is -0.313. The van der Waals surface area contributed by atoms with Crippen molar-refractivity contribution in [3.05, 3.63) is 76.0 Å². The summed E-state index contributed by atoms with van der Waals surface area (Å²) in [7, 11) is 1.66. The minimum absolute atomic E-state index is 0.0801. The van der Waals surface area contributed by atoms with Gasteiger partial charge < -0.3 is 14.8 Å². The van der Waals surface area contributed by atoms with Gasteiger partial charge in [-0.15, -0.1) is 11.3 Å². The number of likely N-dealkylation sites (tertiary alicyclic amines) is 1. The van der Waals surface area contributed by atoms with E-state index in [0.717, 1.165) is 37.2 Å². The van der Waals surface area contributed by atoms with Gasteiger partial charge in [0.2, 0.25) is 0 Å². The van der Waals surface area contributed by atoms with Crippen molar-refractivity contribution in [2.45, 2.75) is 25.5 Å². The predicted octanol–water partition coefficient (Wildman–Crippen LogP) is 4.44. The smallest absolute Gasteiger partial charge is 0.270 e. The summed E-state index contributed by atoms with van der Waals surface area (Å²) in [6.45, 7) is 2.74. The fourth-order valence-electron chi connectivity index (χ4n) is 3.80. The number of benzene rings is 2. The molecule has 2 aromatic carbocycles. The molecule has 0 saturated carbocycles. The van der Waals surface area contributed by atoms with Crippen LogP contribution >= 0.6 is 11.3 Å². The van der Waals surface area contributed by atoms with Crippen LogP contribution < -0.4 is 14.8 Å². The highest BCUT2D eigenvalue weighted by Crippen LogP contribution is 2.27. The second kappa shape index (κ2) is 10.6. The quantitative estimate of drug-likeness (QED) is 0.517. The Bertz CT molecular complexity index is 1030. The van der Waals surface area contributed by atoms with Crippen molar-refractivity contribution in [3.63, 3.8) is 0 Å². The summed E-state index contributed by atoms with van der Waals surface area (Å²) in [5.41, 5.74) is 1.50. The average molecular weight is 456 g/mol. The lowest BCUT2D eigenvalue weighted by atomic mass is 10.0. The number of amides is 1. The number of hydrogen-bond donors (Lipinski definition) is 1. The molecule has 1 amide bonds. The molecule has 0 bridgehead atoms. The van der Waals surface area contributed by atoms with Gasteiger partial charge in [-0.1, -0.05) is 12.1 Å². The zero-order chi connectivity index (χ0) is 22.3. The summed E-state index contributed by atoms with van der Waals surface area (Å²) in [5, 5.41) is 5.46. The summed E-state index contributed by atoms with van der Waals surface area (Å²) in [6.07, 6.45) is 2.33. The zero-order valence-electron chi connectivity index (χ0n) is 17.9. The molecule has 32 heavy (non-hydrogen) atoms. The zero-order valence-corrected chi connectivity index (χ0v) is 18.7. The molecule has 1 aliphatic rings. The second-order valence-corrected chi connectivity index (χ2v) is 8.56. The molecule has 0 radical (unpaired) electrons. The topological polar surface area (TPSA) is 63.7 Å². The van der Waals surface area contributed by atoms with Gasteiger partial charge in [-0.05, 0) is 67.9 Å². The molecule has 1 aromatic heterocycles. The Kier molecular flexibility index (Phi) is 7.34. The number of nitrogens with one attached hydrogen (secondary N) is 1. The molecular weight excluding hydrogens is 429 g/mol. The maximum atomic E-state index is 13.0. The van der Waals surface area contributed by atoms with E-state index in [1.165, 1.54) is 23.5 Å². The first-order valence-corrected chi connectivity index (χ1v) is 11.5. The normalized spacial score (nSPS) is 14.8. The largest absolute Gasteiger partial charge is 0.497 e. The molecule has 2 heterocycles. The Balaban J connectivity index is 1.37. The lowest BCUT2D eigenvalue weighted by molar-refractivity contribution is 0.0933. The Morgan fingerprint density at radius 2 is 1.97 bits per heavy atom. The van der Waals surface area contributed by atoms with Crippen LogP contribution in [0.3, 0.4) is 0 Å². The van der Waals surface area contributed by atoms with Gasteiger partial charge in [0.15, 0.2) is 0 Å². The van der Waals surface area contributed by atoms with Crippen molar-refractivity contribution in [1.29, 1.82) is 0 Å². The summed E-state index contributed by atoms with van der Waals surface area (Å²) in [6, 6.07) is 13.9. The summed E-state index contributed by atoms with van der Waals surface area (Å²) < 4.78 is 24.0. The number of ether oxygens (including phenoxy) is 2. The molecular formula is C24H26FN3O3S. The monoisotopic (exact) mass is 455 g/mol. The molecule has 4 rings (SSSR count). The van der Waals surface area contributed by atoms with Crippen molar-refractivity contribution in [2.75, 3.05) is 26.7 Å². The Hall–Kier alpha value is -2.97. The van der Waals surface area contributed by atoms with Gasteiger partial charge in [0, 0.05) is 11.9 Å². The molecule has 6 nitrogen and oxygen atoms in total. The minimum Gasteiger partial charge on any atom is -0.497 e. The highest BCUT2D eigenvalue weighted by atomic mass is 32.1. The van der Waals surface area contributed by atoms with E-state index in [9.17, 15) is 9.18 Å². The number of carbonyl (C=O) groups is 1. The van der Waals surface area contributed by atoms with Crippen LogP contribution in [0.2, 0.25) is 0 Å². The third-order valence-electron chi connectivity index (χ3n) is 5.48. The molecule has 0 aliphatic carbocycles. The molecule has 1 N–H and O–H groups in total. The van der Waals surface area contributed by atoms with E-state index in [4.69, 9.17) is 9.47 Å². The van der Waals surface area contributed by atoms with Crippen molar-refractivity contribution in [3.8, 4) is 11.5 Å². The molecule has 1 atom stereocenters. The maximum absolute atomic E-state index is 13.0. The van der Waals surface area contributed by atoms with Crippen molar-refractivity contribution in [2.24, 2.45) is 0 Å². The summed E-state index contributed by atoms with van der Waals surface area (Å²) >= 11 is 1.36. The molecule has 168 valence electrons. The van der Waals surface area contributed by atoms with Gasteiger partial charge in [-0.3, -0.25) is 9.69 Å². The molecule has 1 fully saturated rings. The Morgan fingerprint density at radius 1 is 1.19 bits per heavy atom. The predicted molar refractivity (Wildman–Crippen MR) is 122 cm³/mol. The molecule has 1 saturated heterocycles. The van der Waals surface area contributed by atoms with E-state index in [-0.39, 0.29) is 24.4 Å². The SMILES string of the molecule is COc1cccc([C@H](CNC(=O)c2csc(COc3ccc(F)cc3)n2)N2CCCC2)c1. The Morgan fingerprint density at radius 3 is 2.72 bits per heavy atom. The first-order valence-electron chi connectivity index (χ1n) is 10.6. The third-order valence-corrected chi connectivity index (χ3v) is 6.30. The fraction of sp³-hybridized carbons (Fsp3) is 0.333. The van der Waals surface area contributed by atoms with Gasteiger partial charge in [0.1, 0.15) is 34.6 Å². The van der Waals surface area contributed by atoms with E-state index in [0.29, 0.717) is 23.0 Å². The first-order chi connectivity index (χ1) is 15.6. The van der Waals surface area contributed by atoms with Crippen LogP contribution in [0.25, 0.3) is 0 Å². The molecule has 8 heteroatoms. The first kappa shape index (κ1) is 22.2. The number of halogens is 1. The van der Waals surface area contributed by atoms with Crippen LogP contribution in [0.1, 0.15) is 39.9 Å². The maximum Gasteiger partial charge on any atom is 0.270 e. The Labute approximate surface area is 191 Å². The standard InChI is InChI=1S/C24H26FN3O3S/c1-30-20-6-4-5-17(13-20)22(28-11-2-3-12-28)14-26-24(29)21-16-32-23(27-21)15-31-19-9-7-18(25)8-10-19/h4-10,13,16,22H,2-3,11-12,14-15H2,1H3,(H,26,29)/t22-/m0/s1. The lowest BCUT2D eigenvalue weighted by Crippen LogP contribution is -2.37. The van der Waals surface area contributed by atoms with Gasteiger partial charge in [-0.25, -0.2) is 9.37 Å².